The van der Waals surface area contributed by atoms with Crippen LogP contribution in [0.15, 0.2) is 71.9 Å². The number of carboxylic acid groups (broad SMARTS) is 1. The van der Waals surface area contributed by atoms with Gasteiger partial charge in [-0.05, 0) is 77.7 Å². The van der Waals surface area contributed by atoms with Crippen molar-refractivity contribution in [1.29, 1.82) is 0 Å². The van der Waals surface area contributed by atoms with E-state index in [1.807, 2.05) is 60.2 Å². The monoisotopic (exact) mass is 574 g/mol. The minimum Gasteiger partial charge on any atom is -0.483 e. The highest BCUT2D eigenvalue weighted by atomic mass is 35.5. The van der Waals surface area contributed by atoms with E-state index in [-0.39, 0.29) is 18.1 Å². The van der Waals surface area contributed by atoms with Crippen molar-refractivity contribution in [3.05, 3.63) is 94.0 Å². The van der Waals surface area contributed by atoms with Gasteiger partial charge in [0.05, 0.1) is 28.6 Å². The Labute approximate surface area is 238 Å². The van der Waals surface area contributed by atoms with Crippen molar-refractivity contribution in [3.63, 3.8) is 0 Å². The first kappa shape index (κ1) is 26.9. The number of anilines is 1. The number of hydrogen-bond donors (Lipinski definition) is 3. The van der Waals surface area contributed by atoms with Crippen molar-refractivity contribution in [2.45, 2.75) is 25.8 Å². The molecule has 1 aliphatic heterocycles. The molecule has 0 fully saturated rings. The Hall–Kier alpha value is -4.68. The molecule has 0 spiro atoms. The van der Waals surface area contributed by atoms with E-state index in [1.165, 1.54) is 6.33 Å². The van der Waals surface area contributed by atoms with Crippen LogP contribution in [0.1, 0.15) is 30.9 Å². The molecule has 3 N–H and O–H groups in total. The molecule has 2 aromatic carbocycles. The lowest BCUT2D eigenvalue weighted by Crippen LogP contribution is -2.23. The second-order valence-electron chi connectivity index (χ2n) is 8.96. The number of aromatic amines is 1. The molecule has 202 valence electrons. The number of H-pyrrole nitrogens is 1. The van der Waals surface area contributed by atoms with Crippen LogP contribution in [0.2, 0.25) is 5.02 Å². The Kier molecular flexibility index (Phi) is 7.80. The van der Waals surface area contributed by atoms with Gasteiger partial charge in [0.2, 0.25) is 0 Å². The molecular weight excluding hydrogens is 552 g/mol. The molecule has 0 saturated carbocycles. The molecule has 40 heavy (non-hydrogen) atoms. The number of benzene rings is 2. The van der Waals surface area contributed by atoms with Crippen molar-refractivity contribution in [1.82, 2.24) is 34.7 Å². The number of carbonyl (C=O) groups is 1. The van der Waals surface area contributed by atoms with Gasteiger partial charge in [-0.1, -0.05) is 36.0 Å². The molecule has 4 heterocycles. The quantitative estimate of drug-likeness (QED) is 0.204. The number of thiocarbonyl (C=S) groups is 1. The third kappa shape index (κ3) is 5.53. The van der Waals surface area contributed by atoms with Gasteiger partial charge in [-0.3, -0.25) is 9.59 Å². The predicted octanol–water partition coefficient (Wildman–Crippen LogP) is 4.53. The van der Waals surface area contributed by atoms with E-state index in [4.69, 9.17) is 33.7 Å². The number of imidazole rings is 1. The predicted molar refractivity (Wildman–Crippen MR) is 155 cm³/mol. The van der Waals surface area contributed by atoms with Crippen LogP contribution in [0.4, 0.5) is 5.69 Å². The lowest BCUT2D eigenvalue weighted by molar-refractivity contribution is -0.122. The summed E-state index contributed by atoms with van der Waals surface area (Å²) in [6, 6.07) is 16.9. The molecule has 11 nitrogen and oxygen atoms in total. The average Bonchev–Trinajstić information content (AvgIpc) is 3.70. The molecule has 13 heteroatoms. The Bertz CT molecular complexity index is 1730. The average molecular weight is 575 g/mol. The fraction of sp³-hybridized carbons (Fsp3) is 0.148. The zero-order valence-electron chi connectivity index (χ0n) is 21.2. The van der Waals surface area contributed by atoms with E-state index in [1.54, 1.807) is 16.8 Å². The summed E-state index contributed by atoms with van der Waals surface area (Å²) in [4.78, 5) is 30.5. The maximum absolute atomic E-state index is 13.4. The number of hydrogen-bond acceptors (Lipinski definition) is 7. The Morgan fingerprint density at radius 3 is 2.65 bits per heavy atom. The standard InChI is InChI=1S/C26H21ClN8OS.CH2O2/c1-15(37)30-19-5-2-16(3-6-19)22-13-28-26(31-22)24-9-7-20-10-17(11-25(36)35(20)24)21-12-18(27)4-8-23(21)34-14-29-32-33-34;2-1-3/h2-6,8,10-14,24H,7,9H2,1H3,(H,28,31)(H,30,37);1H,(H,2,3)/t24-;/m0./s1. The zero-order valence-corrected chi connectivity index (χ0v) is 22.7. The van der Waals surface area contributed by atoms with Gasteiger partial charge in [0.25, 0.3) is 12.0 Å². The number of aromatic nitrogens is 7. The fourth-order valence-corrected chi connectivity index (χ4v) is 5.10. The highest BCUT2D eigenvalue weighted by Crippen LogP contribution is 2.34. The van der Waals surface area contributed by atoms with Crippen LogP contribution in [-0.4, -0.2) is 51.3 Å². The van der Waals surface area contributed by atoms with Gasteiger partial charge in [0, 0.05) is 28.0 Å². The smallest absolute Gasteiger partial charge is 0.290 e. The van der Waals surface area contributed by atoms with Crippen molar-refractivity contribution in [2.24, 2.45) is 0 Å². The van der Waals surface area contributed by atoms with E-state index in [0.29, 0.717) is 10.0 Å². The molecule has 3 aromatic heterocycles. The highest BCUT2D eigenvalue weighted by Gasteiger charge is 2.28. The molecule has 0 unspecified atom stereocenters. The molecule has 0 saturated heterocycles. The lowest BCUT2D eigenvalue weighted by Gasteiger charge is -2.15. The van der Waals surface area contributed by atoms with Crippen LogP contribution in [0.3, 0.4) is 0 Å². The van der Waals surface area contributed by atoms with Gasteiger partial charge in [0.15, 0.2) is 0 Å². The summed E-state index contributed by atoms with van der Waals surface area (Å²) in [5, 5.41) is 22.0. The van der Waals surface area contributed by atoms with Gasteiger partial charge in [0.1, 0.15) is 12.2 Å². The third-order valence-corrected chi connectivity index (χ3v) is 6.76. The summed E-state index contributed by atoms with van der Waals surface area (Å²) in [7, 11) is 0. The normalized spacial score (nSPS) is 13.7. The van der Waals surface area contributed by atoms with Crippen molar-refractivity contribution >= 4 is 41.0 Å². The van der Waals surface area contributed by atoms with Gasteiger partial charge < -0.3 is 20.0 Å². The molecular formula is C27H23ClN8O3S. The van der Waals surface area contributed by atoms with E-state index in [0.717, 1.165) is 58.1 Å². The molecule has 1 atom stereocenters. The molecule has 0 bridgehead atoms. The Morgan fingerprint density at radius 2 is 1.95 bits per heavy atom. The van der Waals surface area contributed by atoms with E-state index in [9.17, 15) is 4.79 Å². The first-order valence-electron chi connectivity index (χ1n) is 12.2. The largest absolute Gasteiger partial charge is 0.483 e. The zero-order chi connectivity index (χ0) is 28.2. The molecule has 0 aliphatic carbocycles. The van der Waals surface area contributed by atoms with Gasteiger partial charge in [-0.15, -0.1) is 5.10 Å². The van der Waals surface area contributed by atoms with E-state index in [2.05, 4.69) is 30.8 Å². The number of nitrogens with one attached hydrogen (secondary N) is 2. The van der Waals surface area contributed by atoms with Gasteiger partial charge >= 0.3 is 0 Å². The second-order valence-corrected chi connectivity index (χ2v) is 10.0. The minimum absolute atomic E-state index is 0.0958. The molecule has 0 radical (unpaired) electrons. The van der Waals surface area contributed by atoms with Crippen LogP contribution < -0.4 is 10.9 Å². The number of halogens is 1. The molecule has 0 amide bonds. The summed E-state index contributed by atoms with van der Waals surface area (Å²) in [5.74, 6) is 0.762. The number of fused-ring (bicyclic) bond motifs is 1. The van der Waals surface area contributed by atoms with Crippen LogP contribution >= 0.6 is 23.8 Å². The van der Waals surface area contributed by atoms with Crippen molar-refractivity contribution in [2.75, 3.05) is 5.32 Å². The Balaban J connectivity index is 0.00000103. The summed E-state index contributed by atoms with van der Waals surface area (Å²) in [5.41, 5.74) is 5.97. The number of rotatable bonds is 5. The first-order chi connectivity index (χ1) is 19.4. The highest BCUT2D eigenvalue weighted by molar-refractivity contribution is 7.80. The molecule has 5 aromatic rings. The van der Waals surface area contributed by atoms with Crippen LogP contribution in [0, 0.1) is 0 Å². The van der Waals surface area contributed by atoms with Crippen LogP contribution in [-0.2, 0) is 11.2 Å². The first-order valence-corrected chi connectivity index (χ1v) is 13.0. The summed E-state index contributed by atoms with van der Waals surface area (Å²) in [6.45, 7) is 1.59. The fourth-order valence-electron chi connectivity index (χ4n) is 4.81. The second kappa shape index (κ2) is 11.6. The maximum atomic E-state index is 13.4. The van der Waals surface area contributed by atoms with Crippen molar-refractivity contribution in [3.8, 4) is 28.1 Å². The summed E-state index contributed by atoms with van der Waals surface area (Å²) >= 11 is 11.4. The van der Waals surface area contributed by atoms with Gasteiger partial charge in [-0.25, -0.2) is 4.98 Å². The summed E-state index contributed by atoms with van der Waals surface area (Å²) in [6.07, 6.45) is 4.85. The SMILES string of the molecule is CC(=S)Nc1ccc(-c2cnc([C@@H]3CCc4cc(-c5cc(Cl)ccc5-n5cnnn5)cc(=O)n43)[nH]2)cc1.O=CO. The lowest BCUT2D eigenvalue weighted by atomic mass is 10.0. The third-order valence-electron chi connectivity index (χ3n) is 6.43. The maximum Gasteiger partial charge on any atom is 0.290 e. The van der Waals surface area contributed by atoms with Gasteiger partial charge in [-0.2, -0.15) is 4.68 Å². The van der Waals surface area contributed by atoms with E-state index < -0.39 is 0 Å². The van der Waals surface area contributed by atoms with Crippen LogP contribution in [0.25, 0.3) is 28.1 Å². The number of tetrazole rings is 1. The molecule has 6 rings (SSSR count). The number of pyridine rings is 1. The summed E-state index contributed by atoms with van der Waals surface area (Å²) < 4.78 is 3.38. The van der Waals surface area contributed by atoms with Crippen molar-refractivity contribution < 1.29 is 9.90 Å². The minimum atomic E-state index is -0.250. The topological polar surface area (TPSA) is 144 Å². The Morgan fingerprint density at radius 1 is 1.18 bits per heavy atom. The molecule has 1 aliphatic rings. The number of nitrogens with zero attached hydrogens (tertiary/aromatic N) is 6. The number of aryl methyl sites for hydroxylation is 1. The van der Waals surface area contributed by atoms with E-state index >= 15 is 0 Å². The van der Waals surface area contributed by atoms with Crippen LogP contribution in [0.5, 0.6) is 0 Å².